The van der Waals surface area contributed by atoms with Crippen molar-refractivity contribution in [2.24, 2.45) is 11.8 Å². The van der Waals surface area contributed by atoms with E-state index in [1.807, 2.05) is 0 Å². The van der Waals surface area contributed by atoms with Crippen molar-refractivity contribution >= 4 is 5.78 Å². The number of hydrogen-bond donors (Lipinski definition) is 1. The molecule has 0 bridgehead atoms. The molecule has 28 heavy (non-hydrogen) atoms. The highest BCUT2D eigenvalue weighted by atomic mass is 16.3. The van der Waals surface area contributed by atoms with Crippen molar-refractivity contribution in [2.45, 2.75) is 65.7 Å². The van der Waals surface area contributed by atoms with Crippen LogP contribution in [0.2, 0.25) is 0 Å². The Kier molecular flexibility index (Phi) is 7.07. The molecule has 1 fully saturated rings. The molecule has 2 aromatic rings. The summed E-state index contributed by atoms with van der Waals surface area (Å²) in [5.74, 6) is 1.14. The lowest BCUT2D eigenvalue weighted by atomic mass is 9.84. The first-order chi connectivity index (χ1) is 13.5. The van der Waals surface area contributed by atoms with E-state index in [-0.39, 0.29) is 12.5 Å². The third-order valence-corrected chi connectivity index (χ3v) is 6.50. The van der Waals surface area contributed by atoms with Crippen LogP contribution in [0.15, 0.2) is 36.4 Å². The Morgan fingerprint density at radius 3 is 2.39 bits per heavy atom. The molecule has 0 amide bonds. The van der Waals surface area contributed by atoms with Crippen molar-refractivity contribution in [3.8, 4) is 0 Å². The van der Waals surface area contributed by atoms with Crippen LogP contribution in [0, 0.1) is 25.7 Å². The quantitative estimate of drug-likeness (QED) is 0.688. The molecule has 0 unspecified atom stereocenters. The minimum absolute atomic E-state index is 0.193. The highest BCUT2D eigenvalue weighted by Crippen LogP contribution is 2.35. The second kappa shape index (κ2) is 9.52. The van der Waals surface area contributed by atoms with Crippen molar-refractivity contribution in [3.05, 3.63) is 69.8 Å². The van der Waals surface area contributed by atoms with E-state index >= 15 is 0 Å². The number of benzene rings is 2. The van der Waals surface area contributed by atoms with E-state index in [1.54, 1.807) is 0 Å². The van der Waals surface area contributed by atoms with Gasteiger partial charge in [-0.3, -0.25) is 4.79 Å². The lowest BCUT2D eigenvalue weighted by molar-refractivity contribution is -0.121. The van der Waals surface area contributed by atoms with Gasteiger partial charge in [0.05, 0.1) is 0 Å². The lowest BCUT2D eigenvalue weighted by Crippen LogP contribution is -2.18. The molecule has 0 spiro atoms. The van der Waals surface area contributed by atoms with Gasteiger partial charge in [0, 0.05) is 18.9 Å². The normalized spacial score (nSPS) is 19.4. The zero-order valence-electron chi connectivity index (χ0n) is 17.6. The standard InChI is InChI=1S/C26H34O2/c1-4-20-6-5-7-21(16-20)17-23-9-11-26(28)25(23)10-8-22-14-18(2)24(12-13-27)19(3)15-22/h5-7,14-16,23,25,27H,4,8-13,17H2,1-3H3/t23-,25-/m1/s1. The van der Waals surface area contributed by atoms with Crippen LogP contribution in [-0.2, 0) is 30.5 Å². The number of Topliss-reactive ketones (excluding diaryl/α,β-unsaturated/α-hetero) is 1. The Labute approximate surface area is 170 Å². The van der Waals surface area contributed by atoms with Gasteiger partial charge in [-0.1, -0.05) is 43.3 Å². The highest BCUT2D eigenvalue weighted by molar-refractivity contribution is 5.83. The second-order valence-electron chi connectivity index (χ2n) is 8.47. The van der Waals surface area contributed by atoms with Crippen LogP contribution in [0.4, 0.5) is 0 Å². The van der Waals surface area contributed by atoms with Gasteiger partial charge in [-0.2, -0.15) is 0 Å². The van der Waals surface area contributed by atoms with Crippen LogP contribution >= 0.6 is 0 Å². The summed E-state index contributed by atoms with van der Waals surface area (Å²) in [5.41, 5.74) is 7.86. The molecule has 1 aliphatic carbocycles. The Hall–Kier alpha value is -1.93. The molecule has 0 aliphatic heterocycles. The Balaban J connectivity index is 1.67. The van der Waals surface area contributed by atoms with E-state index < -0.39 is 0 Å². The molecule has 0 radical (unpaired) electrons. The molecule has 2 heteroatoms. The molecule has 2 aromatic carbocycles. The average Bonchev–Trinajstić information content (AvgIpc) is 3.02. The number of ketones is 1. The largest absolute Gasteiger partial charge is 0.396 e. The van der Waals surface area contributed by atoms with Gasteiger partial charge >= 0.3 is 0 Å². The van der Waals surface area contributed by atoms with Gasteiger partial charge in [-0.05, 0) is 91.7 Å². The molecule has 3 rings (SSSR count). The summed E-state index contributed by atoms with van der Waals surface area (Å²) in [6.45, 7) is 6.65. The van der Waals surface area contributed by atoms with Crippen molar-refractivity contribution in [1.29, 1.82) is 0 Å². The molecule has 2 nitrogen and oxygen atoms in total. The van der Waals surface area contributed by atoms with E-state index in [1.165, 1.54) is 33.4 Å². The topological polar surface area (TPSA) is 37.3 Å². The lowest BCUT2D eigenvalue weighted by Gasteiger charge is -2.19. The van der Waals surface area contributed by atoms with Gasteiger partial charge in [0.1, 0.15) is 5.78 Å². The number of carbonyl (C=O) groups excluding carboxylic acids is 1. The van der Waals surface area contributed by atoms with Crippen molar-refractivity contribution < 1.29 is 9.90 Å². The number of aryl methyl sites for hydroxylation is 4. The zero-order valence-corrected chi connectivity index (χ0v) is 17.6. The SMILES string of the molecule is CCc1cccc(C[C@H]2CCC(=O)[C@@H]2CCc2cc(C)c(CCO)c(C)c2)c1. The van der Waals surface area contributed by atoms with Gasteiger partial charge in [0.25, 0.3) is 0 Å². The Bertz CT molecular complexity index is 798. The van der Waals surface area contributed by atoms with E-state index in [2.05, 4.69) is 57.2 Å². The Morgan fingerprint density at radius 2 is 1.71 bits per heavy atom. The predicted molar refractivity (Wildman–Crippen MR) is 116 cm³/mol. The van der Waals surface area contributed by atoms with Crippen LogP contribution in [-0.4, -0.2) is 17.5 Å². The van der Waals surface area contributed by atoms with E-state index in [4.69, 9.17) is 0 Å². The average molecular weight is 379 g/mol. The molecule has 1 N–H and O–H groups in total. The molecule has 0 saturated heterocycles. The van der Waals surface area contributed by atoms with Gasteiger partial charge in [-0.15, -0.1) is 0 Å². The Morgan fingerprint density at radius 1 is 1.00 bits per heavy atom. The molecule has 1 saturated carbocycles. The van der Waals surface area contributed by atoms with Gasteiger partial charge in [0.15, 0.2) is 0 Å². The summed E-state index contributed by atoms with van der Waals surface area (Å²) < 4.78 is 0. The molecule has 1 aliphatic rings. The van der Waals surface area contributed by atoms with Gasteiger partial charge < -0.3 is 5.11 Å². The molecule has 0 aromatic heterocycles. The number of aliphatic hydroxyl groups excluding tert-OH is 1. The minimum atomic E-state index is 0.193. The highest BCUT2D eigenvalue weighted by Gasteiger charge is 2.34. The van der Waals surface area contributed by atoms with E-state index in [9.17, 15) is 9.90 Å². The predicted octanol–water partition coefficient (Wildman–Crippen LogP) is 5.17. The minimum Gasteiger partial charge on any atom is -0.396 e. The number of rotatable bonds is 8. The van der Waals surface area contributed by atoms with Crippen LogP contribution in [0.1, 0.15) is 59.6 Å². The maximum Gasteiger partial charge on any atom is 0.136 e. The van der Waals surface area contributed by atoms with E-state index in [0.29, 0.717) is 11.7 Å². The zero-order chi connectivity index (χ0) is 20.1. The van der Waals surface area contributed by atoms with E-state index in [0.717, 1.165) is 44.9 Å². The number of carbonyl (C=O) groups is 1. The third-order valence-electron chi connectivity index (χ3n) is 6.50. The third kappa shape index (κ3) is 4.91. The first-order valence-corrected chi connectivity index (χ1v) is 10.8. The molecular formula is C26H34O2. The summed E-state index contributed by atoms with van der Waals surface area (Å²) in [4.78, 5) is 12.6. The fourth-order valence-corrected chi connectivity index (χ4v) is 4.95. The molecule has 150 valence electrons. The summed E-state index contributed by atoms with van der Waals surface area (Å²) in [6.07, 6.45) is 6.50. The van der Waals surface area contributed by atoms with Crippen molar-refractivity contribution in [1.82, 2.24) is 0 Å². The number of aliphatic hydroxyl groups is 1. The molecule has 0 heterocycles. The van der Waals surface area contributed by atoms with Crippen molar-refractivity contribution in [3.63, 3.8) is 0 Å². The smallest absolute Gasteiger partial charge is 0.136 e. The summed E-state index contributed by atoms with van der Waals surface area (Å²) in [7, 11) is 0. The van der Waals surface area contributed by atoms with Crippen molar-refractivity contribution in [2.75, 3.05) is 6.61 Å². The molecule has 2 atom stereocenters. The van der Waals surface area contributed by atoms with Crippen LogP contribution < -0.4 is 0 Å². The van der Waals surface area contributed by atoms with Crippen LogP contribution in [0.3, 0.4) is 0 Å². The fourth-order valence-electron chi connectivity index (χ4n) is 4.95. The summed E-state index contributed by atoms with van der Waals surface area (Å²) in [6, 6.07) is 13.4. The maximum absolute atomic E-state index is 12.6. The first kappa shape index (κ1) is 20.8. The van der Waals surface area contributed by atoms with Crippen LogP contribution in [0.5, 0.6) is 0 Å². The first-order valence-electron chi connectivity index (χ1n) is 10.8. The molecular weight excluding hydrogens is 344 g/mol. The monoisotopic (exact) mass is 378 g/mol. The summed E-state index contributed by atoms with van der Waals surface area (Å²) >= 11 is 0. The van der Waals surface area contributed by atoms with Gasteiger partial charge in [0.2, 0.25) is 0 Å². The maximum atomic E-state index is 12.6. The fraction of sp³-hybridized carbons (Fsp3) is 0.500. The second-order valence-corrected chi connectivity index (χ2v) is 8.47. The summed E-state index contributed by atoms with van der Waals surface area (Å²) in [5, 5.41) is 9.26. The van der Waals surface area contributed by atoms with Crippen LogP contribution in [0.25, 0.3) is 0 Å². The number of hydrogen-bond acceptors (Lipinski definition) is 2. The van der Waals surface area contributed by atoms with Gasteiger partial charge in [-0.25, -0.2) is 0 Å².